The van der Waals surface area contributed by atoms with Crippen LogP contribution in [0.3, 0.4) is 0 Å². The molecule has 4 heteroatoms. The molecule has 0 aliphatic carbocycles. The van der Waals surface area contributed by atoms with E-state index in [2.05, 4.69) is 9.97 Å². The van der Waals surface area contributed by atoms with Gasteiger partial charge in [0.2, 0.25) is 0 Å². The zero-order valence-electron chi connectivity index (χ0n) is 8.85. The summed E-state index contributed by atoms with van der Waals surface area (Å²) in [6.45, 7) is 2.40. The number of rotatable bonds is 3. The van der Waals surface area contributed by atoms with E-state index < -0.39 is 0 Å². The van der Waals surface area contributed by atoms with Gasteiger partial charge in [-0.2, -0.15) is 0 Å². The monoisotopic (exact) mass is 234 g/mol. The van der Waals surface area contributed by atoms with E-state index >= 15 is 0 Å². The number of nitrogens with zero attached hydrogens (tertiary/aromatic N) is 2. The Morgan fingerprint density at radius 2 is 2.00 bits per heavy atom. The number of hydrogen-bond donors (Lipinski definition) is 0. The highest BCUT2D eigenvalue weighted by molar-refractivity contribution is 6.29. The van der Waals surface area contributed by atoms with Crippen molar-refractivity contribution in [1.29, 1.82) is 0 Å². The Bertz CT molecular complexity index is 471. The molecule has 0 unspecified atom stereocenters. The van der Waals surface area contributed by atoms with Crippen LogP contribution < -0.4 is 4.74 Å². The fourth-order valence-electron chi connectivity index (χ4n) is 1.28. The Morgan fingerprint density at radius 3 is 2.69 bits per heavy atom. The van der Waals surface area contributed by atoms with Gasteiger partial charge in [0.1, 0.15) is 17.5 Å². The molecule has 2 rings (SSSR count). The number of para-hydroxylation sites is 1. The van der Waals surface area contributed by atoms with Crippen LogP contribution in [0, 0.1) is 6.92 Å². The molecule has 0 aliphatic heterocycles. The fourth-order valence-corrected chi connectivity index (χ4v) is 1.38. The van der Waals surface area contributed by atoms with Crippen LogP contribution in [-0.2, 0) is 6.61 Å². The molecule has 1 aromatic carbocycles. The molecule has 0 amide bonds. The lowest BCUT2D eigenvalue weighted by Crippen LogP contribution is -1.99. The van der Waals surface area contributed by atoms with Crippen molar-refractivity contribution < 1.29 is 4.74 Å². The SMILES string of the molecule is Cc1ccccc1OCc1cnc(Cl)cn1. The molecule has 2 aromatic rings. The van der Waals surface area contributed by atoms with Crippen LogP contribution >= 0.6 is 11.6 Å². The summed E-state index contributed by atoms with van der Waals surface area (Å²) in [5, 5.41) is 0.389. The highest BCUT2D eigenvalue weighted by atomic mass is 35.5. The zero-order valence-corrected chi connectivity index (χ0v) is 9.61. The van der Waals surface area contributed by atoms with Crippen molar-refractivity contribution in [2.45, 2.75) is 13.5 Å². The number of hydrogen-bond acceptors (Lipinski definition) is 3. The molecule has 0 N–H and O–H groups in total. The highest BCUT2D eigenvalue weighted by Gasteiger charge is 2.00. The fraction of sp³-hybridized carbons (Fsp3) is 0.167. The maximum Gasteiger partial charge on any atom is 0.147 e. The number of ether oxygens (including phenoxy) is 1. The molecular weight excluding hydrogens is 224 g/mol. The summed E-state index contributed by atoms with van der Waals surface area (Å²) in [4.78, 5) is 8.04. The largest absolute Gasteiger partial charge is 0.487 e. The van der Waals surface area contributed by atoms with Gasteiger partial charge in [-0.1, -0.05) is 29.8 Å². The van der Waals surface area contributed by atoms with E-state index in [9.17, 15) is 0 Å². The van der Waals surface area contributed by atoms with Crippen molar-refractivity contribution in [3.63, 3.8) is 0 Å². The Balaban J connectivity index is 2.02. The van der Waals surface area contributed by atoms with Crippen LogP contribution in [0.4, 0.5) is 0 Å². The van der Waals surface area contributed by atoms with E-state index in [0.29, 0.717) is 11.8 Å². The Morgan fingerprint density at radius 1 is 1.19 bits per heavy atom. The molecule has 0 aliphatic rings. The van der Waals surface area contributed by atoms with Gasteiger partial charge in [0, 0.05) is 0 Å². The van der Waals surface area contributed by atoms with E-state index in [-0.39, 0.29) is 0 Å². The van der Waals surface area contributed by atoms with E-state index in [1.54, 1.807) is 6.20 Å². The third-order valence-electron chi connectivity index (χ3n) is 2.14. The molecule has 0 saturated carbocycles. The first-order chi connectivity index (χ1) is 7.75. The van der Waals surface area contributed by atoms with Gasteiger partial charge in [0.15, 0.2) is 0 Å². The second kappa shape index (κ2) is 4.94. The minimum atomic E-state index is 0.389. The first kappa shape index (κ1) is 10.9. The smallest absolute Gasteiger partial charge is 0.147 e. The number of halogens is 1. The normalized spacial score (nSPS) is 10.1. The predicted octanol–water partition coefficient (Wildman–Crippen LogP) is 3.02. The summed E-state index contributed by atoms with van der Waals surface area (Å²) in [6.07, 6.45) is 3.12. The van der Waals surface area contributed by atoms with Gasteiger partial charge in [-0.3, -0.25) is 4.98 Å². The Kier molecular flexibility index (Phi) is 3.37. The molecule has 82 valence electrons. The van der Waals surface area contributed by atoms with Gasteiger partial charge in [-0.15, -0.1) is 0 Å². The molecule has 0 atom stereocenters. The quantitative estimate of drug-likeness (QED) is 0.819. The third-order valence-corrected chi connectivity index (χ3v) is 2.34. The number of aryl methyl sites for hydroxylation is 1. The van der Waals surface area contributed by atoms with E-state index in [1.807, 2.05) is 31.2 Å². The molecule has 0 spiro atoms. The second-order valence-electron chi connectivity index (χ2n) is 3.38. The van der Waals surface area contributed by atoms with E-state index in [0.717, 1.165) is 17.0 Å². The molecule has 1 aromatic heterocycles. The first-order valence-corrected chi connectivity index (χ1v) is 5.28. The molecule has 1 heterocycles. The van der Waals surface area contributed by atoms with Crippen LogP contribution in [-0.4, -0.2) is 9.97 Å². The van der Waals surface area contributed by atoms with Crippen LogP contribution in [0.5, 0.6) is 5.75 Å². The van der Waals surface area contributed by atoms with Crippen LogP contribution in [0.1, 0.15) is 11.3 Å². The number of aromatic nitrogens is 2. The lowest BCUT2D eigenvalue weighted by atomic mass is 10.2. The van der Waals surface area contributed by atoms with Gasteiger partial charge in [-0.25, -0.2) is 4.98 Å². The highest BCUT2D eigenvalue weighted by Crippen LogP contribution is 2.17. The van der Waals surface area contributed by atoms with Gasteiger partial charge < -0.3 is 4.74 Å². The van der Waals surface area contributed by atoms with Crippen LogP contribution in [0.15, 0.2) is 36.7 Å². The lowest BCUT2D eigenvalue weighted by molar-refractivity contribution is 0.298. The minimum Gasteiger partial charge on any atom is -0.487 e. The summed E-state index contributed by atoms with van der Waals surface area (Å²) < 4.78 is 5.62. The molecular formula is C12H11ClN2O. The molecule has 0 bridgehead atoms. The Hall–Kier alpha value is -1.61. The molecule has 16 heavy (non-hydrogen) atoms. The molecule has 0 saturated heterocycles. The van der Waals surface area contributed by atoms with Gasteiger partial charge >= 0.3 is 0 Å². The molecule has 0 fully saturated rings. The van der Waals surface area contributed by atoms with E-state index in [1.165, 1.54) is 6.20 Å². The van der Waals surface area contributed by atoms with Crippen LogP contribution in [0.2, 0.25) is 5.15 Å². The average Bonchev–Trinajstić information content (AvgIpc) is 2.30. The van der Waals surface area contributed by atoms with Gasteiger partial charge in [0.05, 0.1) is 18.1 Å². The summed E-state index contributed by atoms with van der Waals surface area (Å²) in [6, 6.07) is 7.85. The van der Waals surface area contributed by atoms with Crippen molar-refractivity contribution in [1.82, 2.24) is 9.97 Å². The zero-order chi connectivity index (χ0) is 11.4. The molecule has 0 radical (unpaired) electrons. The second-order valence-corrected chi connectivity index (χ2v) is 3.77. The standard InChI is InChI=1S/C12H11ClN2O/c1-9-4-2-3-5-11(9)16-8-10-6-15-12(13)7-14-10/h2-7H,8H2,1H3. The predicted molar refractivity (Wildman–Crippen MR) is 62.6 cm³/mol. The Labute approximate surface area is 99.1 Å². The van der Waals surface area contributed by atoms with E-state index in [4.69, 9.17) is 16.3 Å². The average molecular weight is 235 g/mol. The van der Waals surface area contributed by atoms with Crippen molar-refractivity contribution in [3.05, 3.63) is 53.1 Å². The summed E-state index contributed by atoms with van der Waals surface area (Å²) in [5.74, 6) is 0.860. The maximum atomic E-state index is 5.64. The lowest BCUT2D eigenvalue weighted by Gasteiger charge is -2.07. The van der Waals surface area contributed by atoms with Crippen molar-refractivity contribution in [2.75, 3.05) is 0 Å². The van der Waals surface area contributed by atoms with Crippen molar-refractivity contribution >= 4 is 11.6 Å². The summed E-state index contributed by atoms with van der Waals surface area (Å²) in [7, 11) is 0. The summed E-state index contributed by atoms with van der Waals surface area (Å²) >= 11 is 5.64. The maximum absolute atomic E-state index is 5.64. The molecule has 3 nitrogen and oxygen atoms in total. The minimum absolute atomic E-state index is 0.389. The van der Waals surface area contributed by atoms with Crippen molar-refractivity contribution in [3.8, 4) is 5.75 Å². The van der Waals surface area contributed by atoms with Crippen molar-refractivity contribution in [2.24, 2.45) is 0 Å². The topological polar surface area (TPSA) is 35.0 Å². The first-order valence-electron chi connectivity index (χ1n) is 4.90. The number of benzene rings is 1. The van der Waals surface area contributed by atoms with Gasteiger partial charge in [0.25, 0.3) is 0 Å². The third kappa shape index (κ3) is 2.70. The summed E-state index contributed by atoms with van der Waals surface area (Å²) in [5.41, 5.74) is 1.86. The van der Waals surface area contributed by atoms with Gasteiger partial charge in [-0.05, 0) is 18.6 Å². The van der Waals surface area contributed by atoms with Crippen LogP contribution in [0.25, 0.3) is 0 Å².